The van der Waals surface area contributed by atoms with E-state index in [-0.39, 0.29) is 21.7 Å². The summed E-state index contributed by atoms with van der Waals surface area (Å²) in [5.74, 6) is -0.673. The molecule has 0 saturated heterocycles. The maximum Gasteiger partial charge on any atom is 0.282 e. The van der Waals surface area contributed by atoms with Crippen LogP contribution in [0.25, 0.3) is 11.1 Å². The lowest BCUT2D eigenvalue weighted by Crippen LogP contribution is -2.22. The van der Waals surface area contributed by atoms with Crippen LogP contribution < -0.4 is 10.1 Å². The van der Waals surface area contributed by atoms with Crippen LogP contribution in [-0.2, 0) is 6.54 Å². The van der Waals surface area contributed by atoms with E-state index in [2.05, 4.69) is 15.5 Å². The van der Waals surface area contributed by atoms with Gasteiger partial charge in [-0.3, -0.25) is 4.79 Å². The van der Waals surface area contributed by atoms with Crippen molar-refractivity contribution in [1.29, 1.82) is 0 Å². The minimum atomic E-state index is -0.492. The summed E-state index contributed by atoms with van der Waals surface area (Å²) in [5.41, 5.74) is 1.53. The highest BCUT2D eigenvalue weighted by Crippen LogP contribution is 2.27. The van der Waals surface area contributed by atoms with Gasteiger partial charge >= 0.3 is 0 Å². The maximum atomic E-state index is 13.8. The third-order valence-electron chi connectivity index (χ3n) is 3.59. The van der Waals surface area contributed by atoms with Gasteiger partial charge in [0.25, 0.3) is 5.91 Å². The van der Waals surface area contributed by atoms with Crippen molar-refractivity contribution in [3.63, 3.8) is 0 Å². The van der Waals surface area contributed by atoms with E-state index >= 15 is 0 Å². The number of amides is 1. The van der Waals surface area contributed by atoms with Crippen LogP contribution in [0.1, 0.15) is 25.9 Å². The van der Waals surface area contributed by atoms with Crippen molar-refractivity contribution in [3.8, 4) is 5.75 Å². The molecular weight excluding hydrogens is 389 g/mol. The first-order valence-electron chi connectivity index (χ1n) is 7.93. The Hall–Kier alpha value is -2.77. The molecule has 8 heteroatoms. The van der Waals surface area contributed by atoms with Crippen molar-refractivity contribution >= 4 is 40.0 Å². The first-order valence-corrected chi connectivity index (χ1v) is 9.13. The summed E-state index contributed by atoms with van der Waals surface area (Å²) in [6, 6.07) is 14.0. The molecule has 1 heterocycles. The topological polar surface area (TPSA) is 64.1 Å². The summed E-state index contributed by atoms with van der Waals surface area (Å²) in [5, 5.41) is 11.4. The maximum absolute atomic E-state index is 13.8. The zero-order chi connectivity index (χ0) is 19.2. The van der Waals surface area contributed by atoms with E-state index in [0.717, 1.165) is 16.9 Å². The number of nitrogens with zero attached hydrogens (tertiary/aromatic N) is 2. The van der Waals surface area contributed by atoms with Gasteiger partial charge in [-0.05, 0) is 29.3 Å². The van der Waals surface area contributed by atoms with Crippen LogP contribution >= 0.6 is 22.9 Å². The highest BCUT2D eigenvalue weighted by Gasteiger charge is 2.14. The average Bonchev–Trinajstić information content (AvgIpc) is 3.17. The molecule has 138 valence electrons. The van der Waals surface area contributed by atoms with E-state index in [9.17, 15) is 9.18 Å². The predicted molar refractivity (Wildman–Crippen MR) is 104 cm³/mol. The minimum Gasteiger partial charge on any atom is -0.494 e. The first-order chi connectivity index (χ1) is 13.1. The van der Waals surface area contributed by atoms with Gasteiger partial charge in [-0.2, -0.15) is 0 Å². The average molecular weight is 404 g/mol. The molecule has 1 amide bonds. The van der Waals surface area contributed by atoms with Crippen LogP contribution in [0.4, 0.5) is 4.39 Å². The molecule has 3 rings (SSSR count). The number of aromatic nitrogens is 2. The Kier molecular flexibility index (Phi) is 6.16. The second-order valence-corrected chi connectivity index (χ2v) is 6.85. The molecule has 27 heavy (non-hydrogen) atoms. The van der Waals surface area contributed by atoms with Gasteiger partial charge in [0.1, 0.15) is 0 Å². The Morgan fingerprint density at radius 3 is 2.67 bits per heavy atom. The van der Waals surface area contributed by atoms with Gasteiger partial charge in [-0.25, -0.2) is 4.39 Å². The number of methoxy groups -OCH3 is 1. The van der Waals surface area contributed by atoms with Gasteiger partial charge in [0.2, 0.25) is 5.01 Å². The Morgan fingerprint density at radius 2 is 1.96 bits per heavy atom. The lowest BCUT2D eigenvalue weighted by molar-refractivity contribution is 0.0950. The molecule has 0 unspecified atom stereocenters. The van der Waals surface area contributed by atoms with E-state index in [0.29, 0.717) is 17.1 Å². The zero-order valence-electron chi connectivity index (χ0n) is 14.3. The van der Waals surface area contributed by atoms with Gasteiger partial charge in [-0.15, -0.1) is 10.2 Å². The van der Waals surface area contributed by atoms with Gasteiger partial charge in [-0.1, -0.05) is 59.3 Å². The van der Waals surface area contributed by atoms with E-state index < -0.39 is 5.82 Å². The van der Waals surface area contributed by atoms with Gasteiger partial charge in [0.15, 0.2) is 16.6 Å². The summed E-state index contributed by atoms with van der Waals surface area (Å²) >= 11 is 7.30. The monoisotopic (exact) mass is 403 g/mol. The lowest BCUT2D eigenvalue weighted by atomic mass is 10.2. The quantitative estimate of drug-likeness (QED) is 0.664. The molecule has 0 saturated carbocycles. The smallest absolute Gasteiger partial charge is 0.282 e. The molecule has 0 aliphatic carbocycles. The molecule has 1 aromatic heterocycles. The van der Waals surface area contributed by atoms with E-state index in [1.165, 1.54) is 19.2 Å². The SMILES string of the molecule is COc1ccc(/C=C(\Cl)c2nnc(C(=O)NCc3ccccc3)s2)cc1F. The molecule has 0 radical (unpaired) electrons. The van der Waals surface area contributed by atoms with Crippen molar-refractivity contribution in [2.24, 2.45) is 0 Å². The molecular formula is C19H15ClFN3O2S. The molecule has 0 bridgehead atoms. The summed E-state index contributed by atoms with van der Waals surface area (Å²) < 4.78 is 18.6. The molecule has 1 N–H and O–H groups in total. The largest absolute Gasteiger partial charge is 0.494 e. The summed E-state index contributed by atoms with van der Waals surface area (Å²) in [6.45, 7) is 0.392. The number of nitrogens with one attached hydrogen (secondary N) is 1. The van der Waals surface area contributed by atoms with E-state index in [1.54, 1.807) is 12.1 Å². The Morgan fingerprint density at radius 1 is 1.22 bits per heavy atom. The third kappa shape index (κ3) is 4.90. The van der Waals surface area contributed by atoms with Gasteiger partial charge in [0.05, 0.1) is 12.1 Å². The number of carbonyl (C=O) groups is 1. The number of carbonyl (C=O) groups excluding carboxylic acids is 1. The van der Waals surface area contributed by atoms with Crippen LogP contribution in [0.5, 0.6) is 5.75 Å². The van der Waals surface area contributed by atoms with Crippen LogP contribution in [-0.4, -0.2) is 23.2 Å². The molecule has 0 spiro atoms. The normalized spacial score (nSPS) is 11.3. The minimum absolute atomic E-state index is 0.150. The molecule has 5 nitrogen and oxygen atoms in total. The fraction of sp³-hybridized carbons (Fsp3) is 0.105. The van der Waals surface area contributed by atoms with Crippen molar-refractivity contribution in [1.82, 2.24) is 15.5 Å². The van der Waals surface area contributed by atoms with Crippen molar-refractivity contribution in [3.05, 3.63) is 75.5 Å². The predicted octanol–water partition coefficient (Wildman–Crippen LogP) is 4.35. The van der Waals surface area contributed by atoms with E-state index in [1.807, 2.05) is 30.3 Å². The van der Waals surface area contributed by atoms with Gasteiger partial charge < -0.3 is 10.1 Å². The standard InChI is InChI=1S/C19H15ClFN3O2S/c1-26-16-8-7-13(10-15(16)21)9-14(20)18-23-24-19(27-18)17(25)22-11-12-5-3-2-4-6-12/h2-10H,11H2,1H3,(H,22,25)/b14-9-. The van der Waals surface area contributed by atoms with Gasteiger partial charge in [0, 0.05) is 6.54 Å². The fourth-order valence-corrected chi connectivity index (χ4v) is 3.19. The number of hydrogen-bond acceptors (Lipinski definition) is 5. The number of rotatable bonds is 6. The Labute approximate surface area is 164 Å². The number of ether oxygens (including phenoxy) is 1. The zero-order valence-corrected chi connectivity index (χ0v) is 15.9. The third-order valence-corrected chi connectivity index (χ3v) is 4.94. The lowest BCUT2D eigenvalue weighted by Gasteiger charge is -2.02. The van der Waals surface area contributed by atoms with Crippen molar-refractivity contribution in [2.75, 3.05) is 7.11 Å². The molecule has 2 aromatic carbocycles. The second kappa shape index (κ2) is 8.75. The van der Waals surface area contributed by atoms with Crippen LogP contribution in [0.15, 0.2) is 48.5 Å². The summed E-state index contributed by atoms with van der Waals surface area (Å²) in [7, 11) is 1.40. The summed E-state index contributed by atoms with van der Waals surface area (Å²) in [6.07, 6.45) is 1.55. The molecule has 3 aromatic rings. The number of halogens is 2. The fourth-order valence-electron chi connectivity index (χ4n) is 2.25. The first kappa shape index (κ1) is 19.0. The molecule has 0 atom stereocenters. The second-order valence-electron chi connectivity index (χ2n) is 5.47. The highest BCUT2D eigenvalue weighted by molar-refractivity contribution is 7.15. The molecule has 0 aliphatic rings. The molecule has 0 fully saturated rings. The van der Waals surface area contributed by atoms with Crippen molar-refractivity contribution < 1.29 is 13.9 Å². The van der Waals surface area contributed by atoms with Crippen molar-refractivity contribution in [2.45, 2.75) is 6.54 Å². The van der Waals surface area contributed by atoms with E-state index in [4.69, 9.17) is 16.3 Å². The number of hydrogen-bond donors (Lipinski definition) is 1. The number of benzene rings is 2. The van der Waals surface area contributed by atoms with Crippen LogP contribution in [0.2, 0.25) is 0 Å². The highest BCUT2D eigenvalue weighted by atomic mass is 35.5. The Balaban J connectivity index is 1.68. The summed E-state index contributed by atoms with van der Waals surface area (Å²) in [4.78, 5) is 12.2. The molecule has 0 aliphatic heterocycles. The van der Waals surface area contributed by atoms with Crippen LogP contribution in [0, 0.1) is 5.82 Å². The Bertz CT molecular complexity index is 976. The van der Waals surface area contributed by atoms with Crippen LogP contribution in [0.3, 0.4) is 0 Å².